The van der Waals surface area contributed by atoms with Crippen LogP contribution < -0.4 is 0 Å². The van der Waals surface area contributed by atoms with E-state index in [0.29, 0.717) is 6.61 Å². The summed E-state index contributed by atoms with van der Waals surface area (Å²) in [4.78, 5) is 11.3. The van der Waals surface area contributed by atoms with Gasteiger partial charge in [0.2, 0.25) is 0 Å². The molecule has 0 aromatic carbocycles. The number of unbranched alkanes of at least 4 members (excludes halogenated alkanes) is 17. The first-order chi connectivity index (χ1) is 13.2. The number of esters is 1. The summed E-state index contributed by atoms with van der Waals surface area (Å²) in [5.74, 6) is -0.413. The summed E-state index contributed by atoms with van der Waals surface area (Å²) in [6, 6.07) is 0. The van der Waals surface area contributed by atoms with Crippen LogP contribution in [-0.4, -0.2) is 17.7 Å². The van der Waals surface area contributed by atoms with Gasteiger partial charge in [0.1, 0.15) is 0 Å². The number of carbonyl (C=O) groups excluding carboxylic acids is 1. The number of ether oxygens (including phenoxy) is 1. The van der Waals surface area contributed by atoms with E-state index in [1.54, 1.807) is 6.92 Å². The molecule has 0 aliphatic carbocycles. The molecule has 0 aromatic rings. The van der Waals surface area contributed by atoms with Gasteiger partial charge < -0.3 is 9.84 Å². The molecule has 0 radical (unpaired) electrons. The van der Waals surface area contributed by atoms with Crippen LogP contribution in [-0.2, 0) is 9.53 Å². The fraction of sp³-hybridized carbons (Fsp3) is 0.875. The molecule has 3 nitrogen and oxygen atoms in total. The molecule has 0 fully saturated rings. The molecule has 0 amide bonds. The Balaban J connectivity index is 3.10. The van der Waals surface area contributed by atoms with Crippen LogP contribution in [0.1, 0.15) is 129 Å². The SMILES string of the molecule is CCCCCCCCCCCCCCCCCCCCOC(=O)C(C)=CO. The van der Waals surface area contributed by atoms with Crippen LogP contribution in [0, 0.1) is 0 Å². The molecule has 0 saturated heterocycles. The van der Waals surface area contributed by atoms with Crippen molar-refractivity contribution in [3.63, 3.8) is 0 Å². The Morgan fingerprint density at radius 3 is 1.33 bits per heavy atom. The van der Waals surface area contributed by atoms with Gasteiger partial charge in [-0.3, -0.25) is 0 Å². The van der Waals surface area contributed by atoms with Gasteiger partial charge in [0.15, 0.2) is 0 Å². The van der Waals surface area contributed by atoms with Crippen LogP contribution in [0.2, 0.25) is 0 Å². The molecule has 160 valence electrons. The minimum Gasteiger partial charge on any atom is -0.515 e. The number of carbonyl (C=O) groups is 1. The molecule has 0 atom stereocenters. The van der Waals surface area contributed by atoms with E-state index >= 15 is 0 Å². The molecule has 0 aliphatic rings. The number of hydrogen-bond acceptors (Lipinski definition) is 3. The third-order valence-electron chi connectivity index (χ3n) is 5.25. The second-order valence-corrected chi connectivity index (χ2v) is 7.96. The van der Waals surface area contributed by atoms with Crippen molar-refractivity contribution in [3.05, 3.63) is 11.8 Å². The van der Waals surface area contributed by atoms with Gasteiger partial charge in [-0.1, -0.05) is 116 Å². The van der Waals surface area contributed by atoms with Crippen LogP contribution in [0.5, 0.6) is 0 Å². The molecule has 0 bridgehead atoms. The fourth-order valence-electron chi connectivity index (χ4n) is 3.34. The zero-order valence-electron chi connectivity index (χ0n) is 18.3. The van der Waals surface area contributed by atoms with E-state index < -0.39 is 5.97 Å². The standard InChI is InChI=1S/C24H46O3/c1-3-4-5-6-7-8-9-10-11-12-13-14-15-16-17-18-19-20-21-27-24(26)23(2)22-25/h22,25H,3-21H2,1-2H3. The van der Waals surface area contributed by atoms with E-state index in [9.17, 15) is 4.79 Å². The van der Waals surface area contributed by atoms with E-state index in [1.807, 2.05) is 0 Å². The van der Waals surface area contributed by atoms with Gasteiger partial charge in [-0.15, -0.1) is 0 Å². The molecule has 0 unspecified atom stereocenters. The van der Waals surface area contributed by atoms with Crippen molar-refractivity contribution in [3.8, 4) is 0 Å². The molecule has 27 heavy (non-hydrogen) atoms. The van der Waals surface area contributed by atoms with Gasteiger partial charge in [0.25, 0.3) is 0 Å². The van der Waals surface area contributed by atoms with Gasteiger partial charge in [-0.2, -0.15) is 0 Å². The number of aliphatic hydroxyl groups is 1. The lowest BCUT2D eigenvalue weighted by atomic mass is 10.0. The summed E-state index contributed by atoms with van der Waals surface area (Å²) in [7, 11) is 0. The first kappa shape index (κ1) is 26.0. The third-order valence-corrected chi connectivity index (χ3v) is 5.25. The van der Waals surface area contributed by atoms with Crippen molar-refractivity contribution in [1.82, 2.24) is 0 Å². The van der Waals surface area contributed by atoms with Gasteiger partial charge in [0.05, 0.1) is 18.4 Å². The molecular weight excluding hydrogens is 336 g/mol. The molecule has 3 heteroatoms. The normalized spacial score (nSPS) is 11.7. The van der Waals surface area contributed by atoms with Gasteiger partial charge >= 0.3 is 5.97 Å². The van der Waals surface area contributed by atoms with Crippen LogP contribution in [0.25, 0.3) is 0 Å². The van der Waals surface area contributed by atoms with Gasteiger partial charge in [-0.25, -0.2) is 4.79 Å². The Kier molecular flexibility index (Phi) is 20.5. The van der Waals surface area contributed by atoms with Crippen molar-refractivity contribution >= 4 is 5.97 Å². The summed E-state index contributed by atoms with van der Waals surface area (Å²) >= 11 is 0. The zero-order valence-corrected chi connectivity index (χ0v) is 18.3. The molecular formula is C24H46O3. The lowest BCUT2D eigenvalue weighted by molar-refractivity contribution is -0.139. The first-order valence-electron chi connectivity index (χ1n) is 11.7. The molecule has 1 N–H and O–H groups in total. The lowest BCUT2D eigenvalue weighted by Gasteiger charge is -2.05. The first-order valence-corrected chi connectivity index (χ1v) is 11.7. The Morgan fingerprint density at radius 2 is 1.00 bits per heavy atom. The second kappa shape index (κ2) is 21.3. The largest absolute Gasteiger partial charge is 0.515 e. The minimum absolute atomic E-state index is 0.261. The molecule has 0 saturated carbocycles. The van der Waals surface area contributed by atoms with Crippen molar-refractivity contribution in [1.29, 1.82) is 0 Å². The smallest absolute Gasteiger partial charge is 0.336 e. The van der Waals surface area contributed by atoms with E-state index in [-0.39, 0.29) is 5.57 Å². The number of hydrogen-bond donors (Lipinski definition) is 1. The fourth-order valence-corrected chi connectivity index (χ4v) is 3.34. The average Bonchev–Trinajstić information content (AvgIpc) is 2.68. The number of aliphatic hydroxyl groups excluding tert-OH is 1. The highest BCUT2D eigenvalue weighted by Gasteiger charge is 2.04. The minimum atomic E-state index is -0.413. The van der Waals surface area contributed by atoms with Crippen molar-refractivity contribution in [2.24, 2.45) is 0 Å². The van der Waals surface area contributed by atoms with Gasteiger partial charge in [0, 0.05) is 0 Å². The quantitative estimate of drug-likeness (QED) is 0.100. The predicted molar refractivity (Wildman–Crippen MR) is 116 cm³/mol. The third kappa shape index (κ3) is 19.6. The van der Waals surface area contributed by atoms with E-state index in [4.69, 9.17) is 9.84 Å². The predicted octanol–water partition coefficient (Wildman–Crippen LogP) is 8.03. The average molecular weight is 383 g/mol. The highest BCUT2D eigenvalue weighted by molar-refractivity contribution is 5.87. The maximum absolute atomic E-state index is 11.3. The van der Waals surface area contributed by atoms with Crippen LogP contribution in [0.4, 0.5) is 0 Å². The summed E-state index contributed by atoms with van der Waals surface area (Å²) in [5.41, 5.74) is 0.261. The monoisotopic (exact) mass is 382 g/mol. The summed E-state index contributed by atoms with van der Waals surface area (Å²) < 4.78 is 5.06. The number of rotatable bonds is 20. The van der Waals surface area contributed by atoms with Crippen LogP contribution >= 0.6 is 0 Å². The Bertz CT molecular complexity index is 350. The van der Waals surface area contributed by atoms with Crippen LogP contribution in [0.3, 0.4) is 0 Å². The second-order valence-electron chi connectivity index (χ2n) is 7.96. The Labute approximate surface area is 169 Å². The maximum Gasteiger partial charge on any atom is 0.336 e. The summed E-state index contributed by atoms with van der Waals surface area (Å²) in [6.07, 6.45) is 25.1. The maximum atomic E-state index is 11.3. The summed E-state index contributed by atoms with van der Waals surface area (Å²) in [6.45, 7) is 4.29. The van der Waals surface area contributed by atoms with Crippen molar-refractivity contribution in [2.45, 2.75) is 129 Å². The van der Waals surface area contributed by atoms with E-state index in [0.717, 1.165) is 19.1 Å². The van der Waals surface area contributed by atoms with Gasteiger partial charge in [-0.05, 0) is 13.3 Å². The van der Waals surface area contributed by atoms with Crippen LogP contribution in [0.15, 0.2) is 11.8 Å². The molecule has 0 spiro atoms. The Morgan fingerprint density at radius 1 is 0.667 bits per heavy atom. The lowest BCUT2D eigenvalue weighted by Crippen LogP contribution is -2.07. The molecule has 0 aromatic heterocycles. The summed E-state index contributed by atoms with van der Waals surface area (Å²) in [5, 5.41) is 8.70. The van der Waals surface area contributed by atoms with Crippen molar-refractivity contribution < 1.29 is 14.6 Å². The van der Waals surface area contributed by atoms with Crippen molar-refractivity contribution in [2.75, 3.05) is 6.61 Å². The molecule has 0 heterocycles. The highest BCUT2D eigenvalue weighted by atomic mass is 16.5. The zero-order chi connectivity index (χ0) is 20.0. The molecule has 0 aliphatic heterocycles. The van der Waals surface area contributed by atoms with E-state index in [2.05, 4.69) is 6.92 Å². The molecule has 0 rings (SSSR count). The Hall–Kier alpha value is -0.990. The topological polar surface area (TPSA) is 46.5 Å². The van der Waals surface area contributed by atoms with E-state index in [1.165, 1.54) is 103 Å². The highest BCUT2D eigenvalue weighted by Crippen LogP contribution is 2.14.